The third kappa shape index (κ3) is 3.20. The first-order chi connectivity index (χ1) is 9.92. The van der Waals surface area contributed by atoms with Crippen molar-refractivity contribution in [1.82, 2.24) is 10.6 Å². The summed E-state index contributed by atoms with van der Waals surface area (Å²) in [5.74, 6) is 4.47. The topological polar surface area (TPSA) is 139 Å². The molecule has 0 radical (unpaired) electrons. The maximum absolute atomic E-state index is 12.1. The molecule has 5 N–H and O–H groups in total. The van der Waals surface area contributed by atoms with Crippen LogP contribution in [0.5, 0.6) is 0 Å². The highest BCUT2D eigenvalue weighted by Gasteiger charge is 2.25. The number of amides is 2. The first-order valence-electron chi connectivity index (χ1n) is 5.94. The zero-order chi connectivity index (χ0) is 15.6. The zero-order valence-electron chi connectivity index (χ0n) is 10.7. The van der Waals surface area contributed by atoms with Gasteiger partial charge in [0, 0.05) is 24.6 Å². The Kier molecular flexibility index (Phi) is 4.24. The van der Waals surface area contributed by atoms with E-state index in [9.17, 15) is 19.7 Å². The van der Waals surface area contributed by atoms with E-state index in [1.165, 1.54) is 6.07 Å². The van der Waals surface area contributed by atoms with Gasteiger partial charge in [0.05, 0.1) is 16.0 Å². The average molecular weight is 314 g/mol. The Morgan fingerprint density at radius 3 is 2.76 bits per heavy atom. The number of nitro groups is 1. The van der Waals surface area contributed by atoms with Crippen molar-refractivity contribution in [2.45, 2.75) is 12.5 Å². The minimum absolute atomic E-state index is 0.0186. The summed E-state index contributed by atoms with van der Waals surface area (Å²) < 4.78 is 0. The van der Waals surface area contributed by atoms with Crippen molar-refractivity contribution in [3.63, 3.8) is 0 Å². The molecule has 21 heavy (non-hydrogen) atoms. The van der Waals surface area contributed by atoms with E-state index in [2.05, 4.69) is 16.1 Å². The fourth-order valence-electron chi connectivity index (χ4n) is 1.99. The molecule has 1 unspecified atom stereocenters. The van der Waals surface area contributed by atoms with E-state index in [0.717, 1.165) is 6.07 Å². The van der Waals surface area contributed by atoms with Crippen molar-refractivity contribution in [3.8, 4) is 0 Å². The number of anilines is 1. The minimum atomic E-state index is -0.696. The lowest BCUT2D eigenvalue weighted by atomic mass is 10.1. The van der Waals surface area contributed by atoms with Gasteiger partial charge in [-0.3, -0.25) is 25.5 Å². The molecule has 1 aromatic rings. The number of benzene rings is 1. The zero-order valence-corrected chi connectivity index (χ0v) is 11.4. The molecule has 1 fully saturated rings. The highest BCUT2D eigenvalue weighted by molar-refractivity contribution is 6.34. The summed E-state index contributed by atoms with van der Waals surface area (Å²) in [6.07, 6.45) is 0.171. The van der Waals surface area contributed by atoms with E-state index >= 15 is 0 Å². The van der Waals surface area contributed by atoms with Crippen molar-refractivity contribution < 1.29 is 14.5 Å². The van der Waals surface area contributed by atoms with Gasteiger partial charge < -0.3 is 16.1 Å². The highest BCUT2D eigenvalue weighted by Crippen LogP contribution is 2.33. The van der Waals surface area contributed by atoms with Gasteiger partial charge in [-0.05, 0) is 6.07 Å². The maximum atomic E-state index is 12.1. The van der Waals surface area contributed by atoms with E-state index < -0.39 is 16.5 Å². The molecule has 10 heteroatoms. The van der Waals surface area contributed by atoms with Gasteiger partial charge in [0.1, 0.15) is 5.69 Å². The Bertz CT molecular complexity index is 621. The summed E-state index contributed by atoms with van der Waals surface area (Å²) in [5.41, 5.74) is 1.67. The first-order valence-corrected chi connectivity index (χ1v) is 6.32. The lowest BCUT2D eigenvalue weighted by molar-refractivity contribution is -0.384. The van der Waals surface area contributed by atoms with Gasteiger partial charge in [0.25, 0.3) is 11.6 Å². The smallest absolute Gasteiger partial charge is 0.295 e. The van der Waals surface area contributed by atoms with Crippen LogP contribution >= 0.6 is 11.6 Å². The molecule has 1 saturated heterocycles. The summed E-state index contributed by atoms with van der Waals surface area (Å²) in [6.45, 7) is 0.322. The van der Waals surface area contributed by atoms with Crippen molar-refractivity contribution in [2.24, 2.45) is 5.84 Å². The minimum Gasteiger partial charge on any atom is -0.354 e. The molecule has 1 aromatic carbocycles. The molecular weight excluding hydrogens is 302 g/mol. The van der Waals surface area contributed by atoms with Gasteiger partial charge >= 0.3 is 0 Å². The summed E-state index contributed by atoms with van der Waals surface area (Å²) in [7, 11) is 0. The molecule has 1 atom stereocenters. The molecule has 9 nitrogen and oxygen atoms in total. The van der Waals surface area contributed by atoms with Crippen LogP contribution in [0.25, 0.3) is 0 Å². The second kappa shape index (κ2) is 5.94. The average Bonchev–Trinajstić information content (AvgIpc) is 2.82. The van der Waals surface area contributed by atoms with Crippen molar-refractivity contribution in [2.75, 3.05) is 12.0 Å². The molecule has 0 aromatic heterocycles. The highest BCUT2D eigenvalue weighted by atomic mass is 35.5. The molecule has 112 valence electrons. The maximum Gasteiger partial charge on any atom is 0.295 e. The Morgan fingerprint density at radius 1 is 1.52 bits per heavy atom. The summed E-state index contributed by atoms with van der Waals surface area (Å²) in [6, 6.07) is 1.99. The Labute approximate surface area is 123 Å². The van der Waals surface area contributed by atoms with Crippen molar-refractivity contribution in [1.29, 1.82) is 0 Å². The van der Waals surface area contributed by atoms with Crippen LogP contribution in [0.4, 0.5) is 11.4 Å². The normalized spacial score (nSPS) is 17.2. The lowest BCUT2D eigenvalue weighted by Gasteiger charge is -2.12. The number of nitro benzene ring substituents is 1. The Balaban J connectivity index is 2.25. The molecular formula is C11H12ClN5O4. The van der Waals surface area contributed by atoms with E-state index in [4.69, 9.17) is 17.4 Å². The van der Waals surface area contributed by atoms with Gasteiger partial charge in [0.2, 0.25) is 5.91 Å². The van der Waals surface area contributed by atoms with E-state index in [1.807, 2.05) is 0 Å². The molecule has 2 amide bonds. The van der Waals surface area contributed by atoms with E-state index in [0.29, 0.717) is 6.54 Å². The molecule has 1 aliphatic rings. The number of hydrogen-bond acceptors (Lipinski definition) is 6. The van der Waals surface area contributed by atoms with Crippen LogP contribution in [0, 0.1) is 10.1 Å². The fraction of sp³-hybridized carbons (Fsp3) is 0.273. The van der Waals surface area contributed by atoms with Crippen molar-refractivity contribution in [3.05, 3.63) is 32.8 Å². The third-order valence-corrected chi connectivity index (χ3v) is 3.28. The molecule has 0 spiro atoms. The fourth-order valence-corrected chi connectivity index (χ4v) is 2.26. The van der Waals surface area contributed by atoms with Crippen LogP contribution in [0.2, 0.25) is 5.02 Å². The monoisotopic (exact) mass is 313 g/mol. The number of carbonyl (C=O) groups excluding carboxylic acids is 2. The summed E-state index contributed by atoms with van der Waals surface area (Å²) in [5, 5.41) is 16.1. The van der Waals surface area contributed by atoms with Crippen LogP contribution in [0.1, 0.15) is 16.8 Å². The van der Waals surface area contributed by atoms with Crippen LogP contribution in [0.15, 0.2) is 12.1 Å². The SMILES string of the molecule is NNc1c(Cl)cc(C(=O)NC2CNC(=O)C2)cc1[N+](=O)[O-]. The molecule has 2 rings (SSSR count). The number of hydrogen-bond donors (Lipinski definition) is 4. The van der Waals surface area contributed by atoms with Crippen molar-refractivity contribution >= 4 is 34.8 Å². The number of rotatable bonds is 4. The molecule has 0 saturated carbocycles. The predicted molar refractivity (Wildman–Crippen MR) is 74.8 cm³/mol. The lowest BCUT2D eigenvalue weighted by Crippen LogP contribution is -2.36. The van der Waals surface area contributed by atoms with Gasteiger partial charge in [0.15, 0.2) is 0 Å². The van der Waals surface area contributed by atoms with Gasteiger partial charge in [-0.2, -0.15) is 0 Å². The number of carbonyl (C=O) groups is 2. The second-order valence-corrected chi connectivity index (χ2v) is 4.84. The first kappa shape index (κ1) is 15.0. The molecule has 0 bridgehead atoms. The van der Waals surface area contributed by atoms with Crippen LogP contribution in [-0.2, 0) is 4.79 Å². The Morgan fingerprint density at radius 2 is 2.24 bits per heavy atom. The number of nitrogen functional groups attached to an aromatic ring is 1. The van der Waals surface area contributed by atoms with Crippen LogP contribution in [-0.4, -0.2) is 29.3 Å². The summed E-state index contributed by atoms with van der Waals surface area (Å²) >= 11 is 5.87. The van der Waals surface area contributed by atoms with Crippen LogP contribution in [0.3, 0.4) is 0 Å². The quantitative estimate of drug-likeness (QED) is 0.354. The number of nitrogens with two attached hydrogens (primary N) is 1. The number of nitrogens with zero attached hydrogens (tertiary/aromatic N) is 1. The standard InChI is InChI=1S/C11H12ClN5O4/c12-7-1-5(2-8(17(20)21)10(7)16-13)11(19)15-6-3-9(18)14-4-6/h1-2,6,16H,3-4,13H2,(H,14,18)(H,15,19). The largest absolute Gasteiger partial charge is 0.354 e. The van der Waals surface area contributed by atoms with E-state index in [-0.39, 0.29) is 34.6 Å². The van der Waals surface area contributed by atoms with Crippen LogP contribution < -0.4 is 21.9 Å². The Hall–Kier alpha value is -2.39. The molecule has 1 aliphatic heterocycles. The van der Waals surface area contributed by atoms with E-state index in [1.54, 1.807) is 0 Å². The number of halogens is 1. The second-order valence-electron chi connectivity index (χ2n) is 4.43. The summed E-state index contributed by atoms with van der Waals surface area (Å²) in [4.78, 5) is 33.4. The predicted octanol–water partition coefficient (Wildman–Crippen LogP) is 0.152. The van der Waals surface area contributed by atoms with Gasteiger partial charge in [-0.1, -0.05) is 11.6 Å². The van der Waals surface area contributed by atoms with Gasteiger partial charge in [-0.25, -0.2) is 0 Å². The third-order valence-electron chi connectivity index (χ3n) is 2.99. The number of nitrogens with one attached hydrogen (secondary N) is 3. The number of hydrazine groups is 1. The molecule has 0 aliphatic carbocycles. The van der Waals surface area contributed by atoms with Gasteiger partial charge in [-0.15, -0.1) is 0 Å². The molecule has 1 heterocycles.